The van der Waals surface area contributed by atoms with Gasteiger partial charge in [0.05, 0.1) is 34.6 Å². The lowest BCUT2D eigenvalue weighted by atomic mass is 10.2. The summed E-state index contributed by atoms with van der Waals surface area (Å²) in [5.74, 6) is 1.81. The van der Waals surface area contributed by atoms with Crippen LogP contribution in [-0.4, -0.2) is 35.1 Å². The van der Waals surface area contributed by atoms with Crippen molar-refractivity contribution in [2.45, 2.75) is 18.6 Å². The van der Waals surface area contributed by atoms with Gasteiger partial charge in [-0.1, -0.05) is 18.7 Å². The molecule has 0 unspecified atom stereocenters. The average Bonchev–Trinajstić information content (AvgIpc) is 3.42. The summed E-state index contributed by atoms with van der Waals surface area (Å²) >= 11 is 1.47. The van der Waals surface area contributed by atoms with Gasteiger partial charge in [-0.3, -0.25) is 14.2 Å². The first-order valence-corrected chi connectivity index (χ1v) is 10.3. The third-order valence-corrected chi connectivity index (χ3v) is 5.41. The lowest BCUT2D eigenvalue weighted by molar-refractivity contribution is 0.490. The average molecular weight is 420 g/mol. The Morgan fingerprint density at radius 1 is 1.07 bits per heavy atom. The number of H-pyrrole nitrogens is 1. The van der Waals surface area contributed by atoms with E-state index >= 15 is 0 Å². The van der Waals surface area contributed by atoms with Gasteiger partial charge in [0, 0.05) is 12.4 Å². The first kappa shape index (κ1) is 18.4. The van der Waals surface area contributed by atoms with E-state index in [2.05, 4.69) is 20.2 Å². The van der Waals surface area contributed by atoms with Crippen molar-refractivity contribution in [3.05, 3.63) is 75.5 Å². The molecule has 0 amide bonds. The molecule has 5 rings (SSSR count). The predicted molar refractivity (Wildman–Crippen MR) is 113 cm³/mol. The molecule has 0 bridgehead atoms. The number of pyridine rings is 3. The highest BCUT2D eigenvalue weighted by atomic mass is 32.2. The summed E-state index contributed by atoms with van der Waals surface area (Å²) in [6, 6.07) is 8.65. The van der Waals surface area contributed by atoms with Gasteiger partial charge in [0.15, 0.2) is 0 Å². The molecule has 0 saturated carbocycles. The Labute approximate surface area is 173 Å². The number of furan rings is 1. The van der Waals surface area contributed by atoms with E-state index < -0.39 is 0 Å². The van der Waals surface area contributed by atoms with Gasteiger partial charge in [0.2, 0.25) is 11.1 Å². The second-order valence-electron chi connectivity index (χ2n) is 6.55. The van der Waals surface area contributed by atoms with E-state index in [1.54, 1.807) is 49.0 Å². The van der Waals surface area contributed by atoms with E-state index in [1.165, 1.54) is 20.9 Å². The maximum absolute atomic E-state index is 13.1. The maximum Gasteiger partial charge on any atom is 0.266 e. The van der Waals surface area contributed by atoms with Crippen molar-refractivity contribution in [3.8, 4) is 5.95 Å². The molecular weight excluding hydrogens is 404 g/mol. The molecule has 5 aromatic heterocycles. The number of hydrogen-bond donors (Lipinski definition) is 1. The molecule has 0 aliphatic carbocycles. The van der Waals surface area contributed by atoms with Crippen LogP contribution in [0.15, 0.2) is 68.2 Å². The first-order valence-electron chi connectivity index (χ1n) is 9.27. The zero-order valence-corrected chi connectivity index (χ0v) is 16.7. The lowest BCUT2D eigenvalue weighted by Gasteiger charge is -2.07. The number of thioether (sulfide) groups is 1. The fourth-order valence-electron chi connectivity index (χ4n) is 3.27. The second kappa shape index (κ2) is 7.30. The van der Waals surface area contributed by atoms with Gasteiger partial charge in [-0.25, -0.2) is 10.1 Å². The minimum absolute atomic E-state index is 0.241. The van der Waals surface area contributed by atoms with Gasteiger partial charge in [-0.05, 0) is 36.1 Å². The molecule has 0 aliphatic rings. The Morgan fingerprint density at radius 3 is 2.63 bits per heavy atom. The summed E-state index contributed by atoms with van der Waals surface area (Å²) < 4.78 is 8.23. The standard InChI is InChI=1S/C20H16N6O3S/c1-2-30-20-22-19(23-24-20)26-8-6-16-14(18(26)28)10-13-15(21-16)5-7-25(17(13)27)11-12-4-3-9-29-12/h3-10H,2,11H2,1H3,(H,22,23,24). The molecule has 0 fully saturated rings. The van der Waals surface area contributed by atoms with Crippen molar-refractivity contribution in [1.29, 1.82) is 0 Å². The molecule has 30 heavy (non-hydrogen) atoms. The fraction of sp³-hybridized carbons (Fsp3) is 0.150. The van der Waals surface area contributed by atoms with Crippen LogP contribution in [0.25, 0.3) is 27.8 Å². The van der Waals surface area contributed by atoms with Crippen LogP contribution in [0, 0.1) is 0 Å². The topological polar surface area (TPSA) is 112 Å². The summed E-state index contributed by atoms with van der Waals surface area (Å²) in [5, 5.41) is 8.15. The van der Waals surface area contributed by atoms with Gasteiger partial charge in [0.25, 0.3) is 11.1 Å². The van der Waals surface area contributed by atoms with Gasteiger partial charge >= 0.3 is 0 Å². The molecule has 0 radical (unpaired) electrons. The minimum Gasteiger partial charge on any atom is -0.467 e. The van der Waals surface area contributed by atoms with Crippen molar-refractivity contribution in [1.82, 2.24) is 29.3 Å². The molecule has 10 heteroatoms. The zero-order valence-electron chi connectivity index (χ0n) is 15.9. The first-order chi connectivity index (χ1) is 14.6. The number of aromatic nitrogens is 6. The summed E-state index contributed by atoms with van der Waals surface area (Å²) in [6.07, 6.45) is 4.84. The molecule has 5 aromatic rings. The number of aromatic amines is 1. The molecule has 0 spiro atoms. The van der Waals surface area contributed by atoms with E-state index in [9.17, 15) is 9.59 Å². The van der Waals surface area contributed by atoms with Gasteiger partial charge in [-0.15, -0.1) is 5.10 Å². The van der Waals surface area contributed by atoms with Gasteiger partial charge in [0.1, 0.15) is 5.76 Å². The molecule has 9 nitrogen and oxygen atoms in total. The normalized spacial score (nSPS) is 11.5. The van der Waals surface area contributed by atoms with Crippen molar-refractivity contribution in [2.24, 2.45) is 0 Å². The van der Waals surface area contributed by atoms with Gasteiger partial charge in [-0.2, -0.15) is 4.98 Å². The molecule has 0 saturated heterocycles. The number of fused-ring (bicyclic) bond motifs is 2. The predicted octanol–water partition coefficient (Wildman–Crippen LogP) is 2.57. The lowest BCUT2D eigenvalue weighted by Crippen LogP contribution is -2.22. The second-order valence-corrected chi connectivity index (χ2v) is 7.78. The molecule has 0 atom stereocenters. The third-order valence-electron chi connectivity index (χ3n) is 4.68. The Bertz CT molecular complexity index is 1480. The quantitative estimate of drug-likeness (QED) is 0.343. The highest BCUT2D eigenvalue weighted by Crippen LogP contribution is 2.17. The Balaban J connectivity index is 1.66. The van der Waals surface area contributed by atoms with Crippen LogP contribution in [0.2, 0.25) is 0 Å². The SMILES string of the molecule is CCSc1n[nH]c(-n2ccc3nc4ccn(Cc5ccco5)c(=O)c4cc3c2=O)n1. The summed E-state index contributed by atoms with van der Waals surface area (Å²) in [4.78, 5) is 34.9. The van der Waals surface area contributed by atoms with Crippen LogP contribution in [0.5, 0.6) is 0 Å². The largest absolute Gasteiger partial charge is 0.467 e. The molecule has 0 aliphatic heterocycles. The number of nitrogens with one attached hydrogen (secondary N) is 1. The fourth-order valence-corrected chi connectivity index (χ4v) is 3.79. The monoisotopic (exact) mass is 420 g/mol. The molecule has 5 heterocycles. The Morgan fingerprint density at radius 2 is 1.87 bits per heavy atom. The van der Waals surface area contributed by atoms with Crippen LogP contribution in [0.3, 0.4) is 0 Å². The number of nitrogens with zero attached hydrogens (tertiary/aromatic N) is 5. The van der Waals surface area contributed by atoms with E-state index in [1.807, 2.05) is 6.92 Å². The van der Waals surface area contributed by atoms with E-state index in [0.717, 1.165) is 5.75 Å². The van der Waals surface area contributed by atoms with E-state index in [-0.39, 0.29) is 11.1 Å². The molecule has 150 valence electrons. The third kappa shape index (κ3) is 3.11. The van der Waals surface area contributed by atoms with Gasteiger partial charge < -0.3 is 8.98 Å². The maximum atomic E-state index is 13.1. The Hall–Kier alpha value is -3.66. The van der Waals surface area contributed by atoms with Crippen LogP contribution >= 0.6 is 11.8 Å². The molecular formula is C20H16N6O3S. The number of hydrogen-bond acceptors (Lipinski definition) is 7. The van der Waals surface area contributed by atoms with Crippen LogP contribution < -0.4 is 11.1 Å². The summed E-state index contributed by atoms with van der Waals surface area (Å²) in [5.41, 5.74) is 0.470. The van der Waals surface area contributed by atoms with E-state index in [4.69, 9.17) is 4.42 Å². The highest BCUT2D eigenvalue weighted by Gasteiger charge is 2.13. The number of rotatable bonds is 5. The van der Waals surface area contributed by atoms with Crippen LogP contribution in [0.1, 0.15) is 12.7 Å². The van der Waals surface area contributed by atoms with Crippen molar-refractivity contribution in [2.75, 3.05) is 5.75 Å². The molecule has 1 N–H and O–H groups in total. The van der Waals surface area contributed by atoms with Crippen molar-refractivity contribution in [3.63, 3.8) is 0 Å². The Kier molecular flexibility index (Phi) is 4.47. The summed E-state index contributed by atoms with van der Waals surface area (Å²) in [7, 11) is 0. The summed E-state index contributed by atoms with van der Waals surface area (Å²) in [6.45, 7) is 2.30. The van der Waals surface area contributed by atoms with Crippen molar-refractivity contribution >= 4 is 33.6 Å². The highest BCUT2D eigenvalue weighted by molar-refractivity contribution is 7.99. The zero-order chi connectivity index (χ0) is 20.7. The minimum atomic E-state index is -0.327. The molecule has 0 aromatic carbocycles. The van der Waals surface area contributed by atoms with Crippen molar-refractivity contribution < 1.29 is 4.42 Å². The van der Waals surface area contributed by atoms with Crippen LogP contribution in [0.4, 0.5) is 0 Å². The van der Waals surface area contributed by atoms with Crippen LogP contribution in [-0.2, 0) is 6.54 Å². The van der Waals surface area contributed by atoms with E-state index in [0.29, 0.717) is 45.2 Å². The smallest absolute Gasteiger partial charge is 0.266 e.